The molecule has 0 atom stereocenters. The van der Waals surface area contributed by atoms with Gasteiger partial charge >= 0.3 is 5.97 Å². The molecule has 0 N–H and O–H groups in total. The summed E-state index contributed by atoms with van der Waals surface area (Å²) in [4.78, 5) is 16.0. The molecule has 0 spiro atoms. The van der Waals surface area contributed by atoms with Crippen molar-refractivity contribution in [3.05, 3.63) is 53.0 Å². The second kappa shape index (κ2) is 6.19. The van der Waals surface area contributed by atoms with Crippen LogP contribution in [0.1, 0.15) is 34.4 Å². The standard InChI is InChI=1S/C16H17NO3/c1-4-19-16(18)13-6-5-7-15(9-13)17-10-14-8-11(2)20-12(14)3/h5-10H,4H2,1-3H3. The van der Waals surface area contributed by atoms with Crippen LogP contribution < -0.4 is 0 Å². The molecule has 0 saturated heterocycles. The van der Waals surface area contributed by atoms with Crippen LogP contribution in [0, 0.1) is 13.8 Å². The lowest BCUT2D eigenvalue weighted by molar-refractivity contribution is 0.0526. The van der Waals surface area contributed by atoms with E-state index in [-0.39, 0.29) is 5.97 Å². The molecule has 4 nitrogen and oxygen atoms in total. The van der Waals surface area contributed by atoms with Crippen molar-refractivity contribution in [2.45, 2.75) is 20.8 Å². The smallest absolute Gasteiger partial charge is 0.338 e. The zero-order chi connectivity index (χ0) is 14.5. The van der Waals surface area contributed by atoms with E-state index in [0.717, 1.165) is 17.1 Å². The summed E-state index contributed by atoms with van der Waals surface area (Å²) in [6.07, 6.45) is 1.73. The highest BCUT2D eigenvalue weighted by atomic mass is 16.5. The van der Waals surface area contributed by atoms with Gasteiger partial charge in [0.15, 0.2) is 0 Å². The molecule has 0 amide bonds. The fraction of sp³-hybridized carbons (Fsp3) is 0.250. The minimum absolute atomic E-state index is 0.333. The molecule has 0 unspecified atom stereocenters. The number of aryl methyl sites for hydroxylation is 2. The third-order valence-corrected chi connectivity index (χ3v) is 2.79. The number of rotatable bonds is 4. The van der Waals surface area contributed by atoms with Gasteiger partial charge in [0, 0.05) is 11.8 Å². The summed E-state index contributed by atoms with van der Waals surface area (Å²) in [7, 11) is 0. The minimum atomic E-state index is -0.333. The van der Waals surface area contributed by atoms with Crippen LogP contribution in [-0.2, 0) is 4.74 Å². The van der Waals surface area contributed by atoms with Crippen LogP contribution in [0.3, 0.4) is 0 Å². The first kappa shape index (κ1) is 14.1. The summed E-state index contributed by atoms with van der Waals surface area (Å²) in [6.45, 7) is 5.93. The maximum atomic E-state index is 11.6. The number of ether oxygens (including phenoxy) is 1. The molecule has 0 saturated carbocycles. The second-order valence-electron chi connectivity index (χ2n) is 4.40. The normalized spacial score (nSPS) is 10.9. The van der Waals surface area contributed by atoms with Gasteiger partial charge < -0.3 is 9.15 Å². The Labute approximate surface area is 118 Å². The van der Waals surface area contributed by atoms with Crippen molar-refractivity contribution in [3.8, 4) is 0 Å². The van der Waals surface area contributed by atoms with E-state index in [1.165, 1.54) is 0 Å². The largest absolute Gasteiger partial charge is 0.466 e. The fourth-order valence-corrected chi connectivity index (χ4v) is 1.85. The molecule has 0 aliphatic rings. The Morgan fingerprint density at radius 3 is 2.80 bits per heavy atom. The van der Waals surface area contributed by atoms with E-state index in [1.54, 1.807) is 31.3 Å². The molecule has 1 heterocycles. The van der Waals surface area contributed by atoms with Gasteiger partial charge in [0.2, 0.25) is 0 Å². The van der Waals surface area contributed by atoms with Crippen molar-refractivity contribution in [2.24, 2.45) is 4.99 Å². The van der Waals surface area contributed by atoms with Gasteiger partial charge in [-0.15, -0.1) is 0 Å². The third-order valence-electron chi connectivity index (χ3n) is 2.79. The molecule has 2 rings (SSSR count). The van der Waals surface area contributed by atoms with Crippen molar-refractivity contribution in [1.82, 2.24) is 0 Å². The number of carbonyl (C=O) groups excluding carboxylic acids is 1. The Morgan fingerprint density at radius 1 is 1.35 bits per heavy atom. The summed E-state index contributed by atoms with van der Waals surface area (Å²) in [5.74, 6) is 1.34. The van der Waals surface area contributed by atoms with E-state index in [2.05, 4.69) is 4.99 Å². The molecule has 0 aliphatic carbocycles. The summed E-state index contributed by atoms with van der Waals surface area (Å²) in [5.41, 5.74) is 2.14. The summed E-state index contributed by atoms with van der Waals surface area (Å²) < 4.78 is 10.4. The predicted molar refractivity (Wildman–Crippen MR) is 77.8 cm³/mol. The van der Waals surface area contributed by atoms with Crippen LogP contribution in [0.2, 0.25) is 0 Å². The first-order chi connectivity index (χ1) is 9.60. The number of aliphatic imine (C=N–C) groups is 1. The van der Waals surface area contributed by atoms with Crippen molar-refractivity contribution >= 4 is 17.9 Å². The Hall–Kier alpha value is -2.36. The minimum Gasteiger partial charge on any atom is -0.466 e. The van der Waals surface area contributed by atoms with E-state index >= 15 is 0 Å². The maximum absolute atomic E-state index is 11.6. The Balaban J connectivity index is 2.19. The van der Waals surface area contributed by atoms with Gasteiger partial charge in [-0.25, -0.2) is 4.79 Å². The monoisotopic (exact) mass is 271 g/mol. The van der Waals surface area contributed by atoms with Crippen LogP contribution >= 0.6 is 0 Å². The van der Waals surface area contributed by atoms with Gasteiger partial charge in [0.05, 0.1) is 17.9 Å². The first-order valence-corrected chi connectivity index (χ1v) is 6.48. The number of esters is 1. The number of carbonyl (C=O) groups is 1. The zero-order valence-corrected chi connectivity index (χ0v) is 11.8. The maximum Gasteiger partial charge on any atom is 0.338 e. The number of nitrogens with zero attached hydrogens (tertiary/aromatic N) is 1. The lowest BCUT2D eigenvalue weighted by Gasteiger charge is -2.02. The topological polar surface area (TPSA) is 51.8 Å². The molecule has 0 aliphatic heterocycles. The van der Waals surface area contributed by atoms with Crippen molar-refractivity contribution in [2.75, 3.05) is 6.61 Å². The highest BCUT2D eigenvalue weighted by molar-refractivity contribution is 5.91. The Morgan fingerprint density at radius 2 is 2.15 bits per heavy atom. The molecule has 0 bridgehead atoms. The summed E-state index contributed by atoms with van der Waals surface area (Å²) in [6, 6.07) is 8.96. The SMILES string of the molecule is CCOC(=O)c1cccc(N=Cc2cc(C)oc2C)c1. The Bertz CT molecular complexity index is 641. The number of hydrogen-bond acceptors (Lipinski definition) is 4. The van der Waals surface area contributed by atoms with Gasteiger partial charge in [-0.3, -0.25) is 4.99 Å². The van der Waals surface area contributed by atoms with Crippen LogP contribution in [0.4, 0.5) is 5.69 Å². The number of furan rings is 1. The fourth-order valence-electron chi connectivity index (χ4n) is 1.85. The molecule has 2 aromatic rings. The molecule has 20 heavy (non-hydrogen) atoms. The van der Waals surface area contributed by atoms with E-state index in [4.69, 9.17) is 9.15 Å². The van der Waals surface area contributed by atoms with Gasteiger partial charge in [0.25, 0.3) is 0 Å². The molecule has 1 aromatic carbocycles. The highest BCUT2D eigenvalue weighted by Gasteiger charge is 2.06. The van der Waals surface area contributed by atoms with Gasteiger partial charge in [-0.05, 0) is 45.0 Å². The van der Waals surface area contributed by atoms with Gasteiger partial charge in [0.1, 0.15) is 11.5 Å². The molecule has 0 radical (unpaired) electrons. The lowest BCUT2D eigenvalue weighted by Crippen LogP contribution is -2.03. The molecule has 104 valence electrons. The molecular weight excluding hydrogens is 254 g/mol. The second-order valence-corrected chi connectivity index (χ2v) is 4.40. The average Bonchev–Trinajstić information content (AvgIpc) is 2.75. The highest BCUT2D eigenvalue weighted by Crippen LogP contribution is 2.17. The molecule has 1 aromatic heterocycles. The van der Waals surface area contributed by atoms with Crippen molar-refractivity contribution < 1.29 is 13.9 Å². The van der Waals surface area contributed by atoms with Gasteiger partial charge in [-0.1, -0.05) is 6.07 Å². The zero-order valence-electron chi connectivity index (χ0n) is 11.8. The summed E-state index contributed by atoms with van der Waals surface area (Å²) >= 11 is 0. The average molecular weight is 271 g/mol. The lowest BCUT2D eigenvalue weighted by atomic mass is 10.2. The quantitative estimate of drug-likeness (QED) is 0.627. The number of hydrogen-bond donors (Lipinski definition) is 0. The van der Waals surface area contributed by atoms with Crippen LogP contribution in [0.5, 0.6) is 0 Å². The van der Waals surface area contributed by atoms with E-state index in [1.807, 2.05) is 26.0 Å². The molecule has 4 heteroatoms. The van der Waals surface area contributed by atoms with E-state index in [0.29, 0.717) is 17.9 Å². The van der Waals surface area contributed by atoms with Crippen molar-refractivity contribution in [1.29, 1.82) is 0 Å². The third kappa shape index (κ3) is 3.35. The van der Waals surface area contributed by atoms with E-state index in [9.17, 15) is 4.79 Å². The molecule has 0 fully saturated rings. The Kier molecular flexibility index (Phi) is 4.35. The number of benzene rings is 1. The molecular formula is C16H17NO3. The van der Waals surface area contributed by atoms with Crippen LogP contribution in [-0.4, -0.2) is 18.8 Å². The summed E-state index contributed by atoms with van der Waals surface area (Å²) in [5, 5.41) is 0. The van der Waals surface area contributed by atoms with E-state index < -0.39 is 0 Å². The van der Waals surface area contributed by atoms with Crippen LogP contribution in [0.25, 0.3) is 0 Å². The predicted octanol–water partition coefficient (Wildman–Crippen LogP) is 3.82. The first-order valence-electron chi connectivity index (χ1n) is 6.48. The van der Waals surface area contributed by atoms with Crippen LogP contribution in [0.15, 0.2) is 39.7 Å². The van der Waals surface area contributed by atoms with Gasteiger partial charge in [-0.2, -0.15) is 0 Å². The van der Waals surface area contributed by atoms with Crippen molar-refractivity contribution in [3.63, 3.8) is 0 Å².